The average molecular weight is 212 g/mol. The lowest BCUT2D eigenvalue weighted by Gasteiger charge is -2.22. The molecule has 0 aromatic carbocycles. The average Bonchev–Trinajstić information content (AvgIpc) is 2.87. The molecule has 1 atom stereocenters. The van der Waals surface area contributed by atoms with Crippen molar-refractivity contribution < 1.29 is 14.4 Å². The summed E-state index contributed by atoms with van der Waals surface area (Å²) < 4.78 is 10.5. The van der Waals surface area contributed by atoms with E-state index in [2.05, 4.69) is 10.1 Å². The summed E-state index contributed by atoms with van der Waals surface area (Å²) in [5, 5.41) is 13.2. The summed E-state index contributed by atoms with van der Waals surface area (Å²) in [5.41, 5.74) is -0.392. The fourth-order valence-electron chi connectivity index (χ4n) is 2.06. The van der Waals surface area contributed by atoms with Crippen LogP contribution in [0.5, 0.6) is 0 Å². The van der Waals surface area contributed by atoms with Gasteiger partial charge in [0.05, 0.1) is 0 Å². The van der Waals surface area contributed by atoms with Gasteiger partial charge in [0.1, 0.15) is 11.7 Å². The van der Waals surface area contributed by atoms with Crippen molar-refractivity contribution in [3.8, 4) is 0 Å². The molecule has 5 heteroatoms. The van der Waals surface area contributed by atoms with Gasteiger partial charge in [-0.3, -0.25) is 0 Å². The van der Waals surface area contributed by atoms with Gasteiger partial charge in [-0.1, -0.05) is 5.16 Å². The summed E-state index contributed by atoms with van der Waals surface area (Å²) in [6.45, 7) is 1.60. The van der Waals surface area contributed by atoms with Crippen molar-refractivity contribution in [1.29, 1.82) is 0 Å². The predicted octanol–water partition coefficient (Wildman–Crippen LogP) is 1.54. The molecule has 1 N–H and O–H groups in total. The van der Waals surface area contributed by atoms with Crippen LogP contribution in [0.25, 0.3) is 0 Å². The third-order valence-corrected chi connectivity index (χ3v) is 3.01. The largest absolute Gasteiger partial charge is 0.384 e. The first kappa shape index (κ1) is 10.6. The van der Waals surface area contributed by atoms with Crippen LogP contribution in [-0.2, 0) is 10.3 Å². The first-order chi connectivity index (χ1) is 7.18. The van der Waals surface area contributed by atoms with Crippen LogP contribution in [0.3, 0.4) is 0 Å². The van der Waals surface area contributed by atoms with Gasteiger partial charge in [0.25, 0.3) is 5.89 Å². The Bertz CT molecular complexity index is 329. The number of hydrogen-bond donors (Lipinski definition) is 1. The number of aromatic nitrogens is 2. The van der Waals surface area contributed by atoms with Crippen LogP contribution in [0.4, 0.5) is 0 Å². The molecule has 1 saturated carbocycles. The smallest absolute Gasteiger partial charge is 0.255 e. The van der Waals surface area contributed by atoms with E-state index in [1.165, 1.54) is 0 Å². The molecule has 0 bridgehead atoms. The molecule has 0 saturated heterocycles. The minimum absolute atomic E-state index is 0.258. The summed E-state index contributed by atoms with van der Waals surface area (Å²) >= 11 is 0. The van der Waals surface area contributed by atoms with Crippen molar-refractivity contribution in [2.24, 2.45) is 0 Å². The first-order valence-corrected chi connectivity index (χ1v) is 5.25. The van der Waals surface area contributed by atoms with E-state index in [9.17, 15) is 5.11 Å². The lowest BCUT2D eigenvalue weighted by atomic mass is 10.0. The van der Waals surface area contributed by atoms with E-state index >= 15 is 0 Å². The molecule has 1 aromatic rings. The fourth-order valence-corrected chi connectivity index (χ4v) is 2.06. The van der Waals surface area contributed by atoms with Crippen molar-refractivity contribution in [3.63, 3.8) is 0 Å². The summed E-state index contributed by atoms with van der Waals surface area (Å²) in [6, 6.07) is 0. The number of ether oxygens (including phenoxy) is 1. The highest BCUT2D eigenvalue weighted by atomic mass is 16.5. The fraction of sp³-hybridized carbons (Fsp3) is 0.800. The van der Waals surface area contributed by atoms with Crippen LogP contribution in [0.2, 0.25) is 0 Å². The molecule has 0 amide bonds. The van der Waals surface area contributed by atoms with Gasteiger partial charge in [0.15, 0.2) is 0 Å². The molecule has 0 aliphatic heterocycles. The van der Waals surface area contributed by atoms with Crippen molar-refractivity contribution >= 4 is 0 Å². The minimum Gasteiger partial charge on any atom is -0.384 e. The molecular weight excluding hydrogens is 196 g/mol. The van der Waals surface area contributed by atoms with Crippen LogP contribution < -0.4 is 0 Å². The van der Waals surface area contributed by atoms with E-state index < -0.39 is 11.7 Å². The van der Waals surface area contributed by atoms with Crippen LogP contribution in [0.15, 0.2) is 4.52 Å². The molecule has 1 aromatic heterocycles. The maximum atomic E-state index is 9.30. The third-order valence-electron chi connectivity index (χ3n) is 3.01. The van der Waals surface area contributed by atoms with E-state index in [4.69, 9.17) is 9.26 Å². The van der Waals surface area contributed by atoms with Crippen molar-refractivity contribution in [3.05, 3.63) is 11.7 Å². The van der Waals surface area contributed by atoms with E-state index in [0.29, 0.717) is 5.82 Å². The summed E-state index contributed by atoms with van der Waals surface area (Å²) in [4.78, 5) is 4.18. The summed E-state index contributed by atoms with van der Waals surface area (Å²) in [5.74, 6) is 0.826. The lowest BCUT2D eigenvalue weighted by molar-refractivity contribution is -0.0178. The van der Waals surface area contributed by atoms with Gasteiger partial charge in [0, 0.05) is 7.11 Å². The second-order valence-corrected chi connectivity index (χ2v) is 4.04. The Balaban J connectivity index is 2.27. The molecule has 0 spiro atoms. The van der Waals surface area contributed by atoms with Crippen LogP contribution >= 0.6 is 0 Å². The molecule has 0 unspecified atom stereocenters. The number of nitrogens with zero attached hydrogens (tertiary/aromatic N) is 2. The normalized spacial score (nSPS) is 21.8. The van der Waals surface area contributed by atoms with E-state index in [0.717, 1.165) is 25.7 Å². The highest BCUT2D eigenvalue weighted by molar-refractivity contribution is 5.04. The molecule has 1 aliphatic carbocycles. The topological polar surface area (TPSA) is 68.4 Å². The van der Waals surface area contributed by atoms with Crippen molar-refractivity contribution in [1.82, 2.24) is 10.1 Å². The van der Waals surface area contributed by atoms with Crippen LogP contribution in [0.1, 0.15) is 50.4 Å². The zero-order valence-electron chi connectivity index (χ0n) is 9.06. The van der Waals surface area contributed by atoms with Crippen molar-refractivity contribution in [2.75, 3.05) is 7.11 Å². The quantitative estimate of drug-likeness (QED) is 0.823. The Morgan fingerprint density at radius 1 is 1.47 bits per heavy atom. The summed E-state index contributed by atoms with van der Waals surface area (Å²) in [6.07, 6.45) is 3.35. The Morgan fingerprint density at radius 2 is 2.13 bits per heavy atom. The van der Waals surface area contributed by atoms with E-state index in [1.54, 1.807) is 14.0 Å². The molecule has 1 aliphatic rings. The highest BCUT2D eigenvalue weighted by Gasteiger charge is 2.40. The van der Waals surface area contributed by atoms with E-state index in [-0.39, 0.29) is 5.89 Å². The molecular formula is C10H16N2O3. The minimum atomic E-state index is -0.721. The zero-order chi connectivity index (χ0) is 10.9. The molecule has 5 nitrogen and oxygen atoms in total. The van der Waals surface area contributed by atoms with E-state index in [1.807, 2.05) is 0 Å². The van der Waals surface area contributed by atoms with Gasteiger partial charge < -0.3 is 14.4 Å². The van der Waals surface area contributed by atoms with Gasteiger partial charge in [-0.05, 0) is 32.6 Å². The van der Waals surface area contributed by atoms with Crippen molar-refractivity contribution in [2.45, 2.75) is 44.3 Å². The maximum absolute atomic E-state index is 9.30. The second-order valence-electron chi connectivity index (χ2n) is 4.04. The van der Waals surface area contributed by atoms with Crippen LogP contribution in [-0.4, -0.2) is 22.4 Å². The standard InChI is InChI=1S/C10H16N2O3/c1-7(13)8-11-9(12-15-8)10(14-2)5-3-4-6-10/h7,13H,3-6H2,1-2H3/t7-/m0/s1. The third kappa shape index (κ3) is 1.77. The number of aliphatic hydroxyl groups excluding tert-OH is 1. The maximum Gasteiger partial charge on any atom is 0.255 e. The molecule has 2 rings (SSSR count). The molecule has 15 heavy (non-hydrogen) atoms. The number of hydrogen-bond acceptors (Lipinski definition) is 5. The van der Waals surface area contributed by atoms with Crippen LogP contribution in [0, 0.1) is 0 Å². The Labute approximate surface area is 88.4 Å². The number of rotatable bonds is 3. The Hall–Kier alpha value is -0.940. The van der Waals surface area contributed by atoms with Gasteiger partial charge >= 0.3 is 0 Å². The Kier molecular flexibility index (Phi) is 2.75. The summed E-state index contributed by atoms with van der Waals surface area (Å²) in [7, 11) is 1.67. The van der Waals surface area contributed by atoms with Gasteiger partial charge in [0.2, 0.25) is 5.82 Å². The lowest BCUT2D eigenvalue weighted by Crippen LogP contribution is -2.26. The number of methoxy groups -OCH3 is 1. The van der Waals surface area contributed by atoms with Gasteiger partial charge in [-0.25, -0.2) is 0 Å². The highest BCUT2D eigenvalue weighted by Crippen LogP contribution is 2.40. The molecule has 84 valence electrons. The molecule has 0 radical (unpaired) electrons. The SMILES string of the molecule is COC1(c2noc([C@H](C)O)n2)CCCC1. The monoisotopic (exact) mass is 212 g/mol. The number of aliphatic hydroxyl groups is 1. The van der Waals surface area contributed by atoms with Gasteiger partial charge in [-0.15, -0.1) is 0 Å². The first-order valence-electron chi connectivity index (χ1n) is 5.25. The molecule has 1 fully saturated rings. The van der Waals surface area contributed by atoms with Gasteiger partial charge in [-0.2, -0.15) is 4.98 Å². The predicted molar refractivity (Wildman–Crippen MR) is 52.1 cm³/mol. The molecule has 1 heterocycles. The Morgan fingerprint density at radius 3 is 2.60 bits per heavy atom. The zero-order valence-corrected chi connectivity index (χ0v) is 9.06. The second kappa shape index (κ2) is 3.90.